The van der Waals surface area contributed by atoms with Gasteiger partial charge in [0, 0.05) is 26.2 Å². The summed E-state index contributed by atoms with van der Waals surface area (Å²) in [5, 5.41) is 0. The van der Waals surface area contributed by atoms with Crippen molar-refractivity contribution in [2.45, 2.75) is 13.3 Å². The molecule has 0 amide bonds. The molecular formula is C15H21N5. The van der Waals surface area contributed by atoms with Crippen LogP contribution >= 0.6 is 0 Å². The molecule has 0 atom stereocenters. The van der Waals surface area contributed by atoms with E-state index in [0.29, 0.717) is 5.82 Å². The van der Waals surface area contributed by atoms with E-state index in [1.807, 2.05) is 24.3 Å². The highest BCUT2D eigenvalue weighted by atomic mass is 15.3. The molecule has 20 heavy (non-hydrogen) atoms. The lowest BCUT2D eigenvalue weighted by Crippen LogP contribution is -2.47. The lowest BCUT2D eigenvalue weighted by Gasteiger charge is -2.35. The highest BCUT2D eigenvalue weighted by molar-refractivity contribution is 5.79. The number of nitrogens with two attached hydrogens (primary N) is 1. The first-order valence-electron chi connectivity index (χ1n) is 7.27. The zero-order valence-corrected chi connectivity index (χ0v) is 11.9. The first-order chi connectivity index (χ1) is 9.78. The molecule has 0 aliphatic carbocycles. The zero-order valence-electron chi connectivity index (χ0n) is 11.9. The standard InChI is InChI=1S/C15H21N5/c1-2-7-19-8-10-20(11-9-19)15-14(16)17-12-5-3-4-6-13(12)18-15/h3-6H,2,7-11H2,1H3,(H2,16,17). The van der Waals surface area contributed by atoms with Gasteiger partial charge in [0.2, 0.25) is 0 Å². The van der Waals surface area contributed by atoms with E-state index in [2.05, 4.69) is 26.7 Å². The van der Waals surface area contributed by atoms with E-state index in [-0.39, 0.29) is 0 Å². The van der Waals surface area contributed by atoms with E-state index in [9.17, 15) is 0 Å². The minimum Gasteiger partial charge on any atom is -0.381 e. The monoisotopic (exact) mass is 271 g/mol. The van der Waals surface area contributed by atoms with Crippen LogP contribution in [0, 0.1) is 0 Å². The topological polar surface area (TPSA) is 58.3 Å². The maximum absolute atomic E-state index is 6.08. The largest absolute Gasteiger partial charge is 0.381 e. The molecule has 2 heterocycles. The number of anilines is 2. The third kappa shape index (κ3) is 2.54. The fourth-order valence-electron chi connectivity index (χ4n) is 2.74. The number of nitrogens with zero attached hydrogens (tertiary/aromatic N) is 4. The second-order valence-corrected chi connectivity index (χ2v) is 5.25. The normalized spacial score (nSPS) is 16.8. The summed E-state index contributed by atoms with van der Waals surface area (Å²) in [5.74, 6) is 1.37. The van der Waals surface area contributed by atoms with E-state index in [4.69, 9.17) is 5.73 Å². The number of benzene rings is 1. The molecule has 3 rings (SSSR count). The Morgan fingerprint density at radius 1 is 1.05 bits per heavy atom. The highest BCUT2D eigenvalue weighted by Crippen LogP contribution is 2.23. The predicted molar refractivity (Wildman–Crippen MR) is 82.9 cm³/mol. The maximum Gasteiger partial charge on any atom is 0.172 e. The molecule has 5 nitrogen and oxygen atoms in total. The summed E-state index contributed by atoms with van der Waals surface area (Å²) in [6.07, 6.45) is 1.21. The van der Waals surface area contributed by atoms with Gasteiger partial charge in [0.1, 0.15) is 0 Å². The summed E-state index contributed by atoms with van der Waals surface area (Å²) in [6, 6.07) is 7.87. The number of hydrogen-bond acceptors (Lipinski definition) is 5. The second-order valence-electron chi connectivity index (χ2n) is 5.25. The summed E-state index contributed by atoms with van der Waals surface area (Å²) in [4.78, 5) is 13.9. The summed E-state index contributed by atoms with van der Waals surface area (Å²) in [7, 11) is 0. The van der Waals surface area contributed by atoms with Crippen molar-refractivity contribution in [3.05, 3.63) is 24.3 Å². The van der Waals surface area contributed by atoms with Crippen molar-refractivity contribution in [1.82, 2.24) is 14.9 Å². The van der Waals surface area contributed by atoms with Crippen molar-refractivity contribution >= 4 is 22.7 Å². The van der Waals surface area contributed by atoms with Crippen LogP contribution in [-0.2, 0) is 0 Å². The summed E-state index contributed by atoms with van der Waals surface area (Å²) >= 11 is 0. The summed E-state index contributed by atoms with van der Waals surface area (Å²) in [6.45, 7) is 7.48. The first kappa shape index (κ1) is 13.1. The fourth-order valence-corrected chi connectivity index (χ4v) is 2.74. The van der Waals surface area contributed by atoms with E-state index in [1.54, 1.807) is 0 Å². The van der Waals surface area contributed by atoms with Gasteiger partial charge in [0.05, 0.1) is 11.0 Å². The van der Waals surface area contributed by atoms with Crippen LogP contribution in [0.2, 0.25) is 0 Å². The predicted octanol–water partition coefficient (Wildman–Crippen LogP) is 1.74. The number of rotatable bonds is 3. The smallest absolute Gasteiger partial charge is 0.172 e. The van der Waals surface area contributed by atoms with Gasteiger partial charge in [0.25, 0.3) is 0 Å². The Morgan fingerprint density at radius 3 is 2.35 bits per heavy atom. The molecule has 0 bridgehead atoms. The first-order valence-corrected chi connectivity index (χ1v) is 7.27. The number of hydrogen-bond donors (Lipinski definition) is 1. The van der Waals surface area contributed by atoms with Crippen LogP contribution in [0.3, 0.4) is 0 Å². The number of aromatic nitrogens is 2. The SMILES string of the molecule is CCCN1CCN(c2nc3ccccc3nc2N)CC1. The van der Waals surface area contributed by atoms with Crippen LogP contribution in [0.5, 0.6) is 0 Å². The van der Waals surface area contributed by atoms with Gasteiger partial charge in [0.15, 0.2) is 11.6 Å². The number of para-hydroxylation sites is 2. The van der Waals surface area contributed by atoms with Crippen molar-refractivity contribution in [3.63, 3.8) is 0 Å². The molecule has 0 unspecified atom stereocenters. The van der Waals surface area contributed by atoms with E-state index < -0.39 is 0 Å². The van der Waals surface area contributed by atoms with Crippen LogP contribution in [-0.4, -0.2) is 47.6 Å². The molecule has 0 saturated carbocycles. The van der Waals surface area contributed by atoms with Crippen LogP contribution in [0.15, 0.2) is 24.3 Å². The molecule has 0 spiro atoms. The van der Waals surface area contributed by atoms with Crippen molar-refractivity contribution in [1.29, 1.82) is 0 Å². The molecule has 1 aliphatic heterocycles. The van der Waals surface area contributed by atoms with Gasteiger partial charge in [-0.05, 0) is 25.1 Å². The van der Waals surface area contributed by atoms with Gasteiger partial charge < -0.3 is 10.6 Å². The van der Waals surface area contributed by atoms with Gasteiger partial charge in [-0.15, -0.1) is 0 Å². The van der Waals surface area contributed by atoms with E-state index in [1.165, 1.54) is 13.0 Å². The molecule has 2 aromatic rings. The van der Waals surface area contributed by atoms with Crippen molar-refractivity contribution in [2.24, 2.45) is 0 Å². The Bertz CT molecular complexity index is 590. The molecule has 1 saturated heterocycles. The molecule has 106 valence electrons. The van der Waals surface area contributed by atoms with Crippen LogP contribution in [0.25, 0.3) is 11.0 Å². The molecule has 2 N–H and O–H groups in total. The van der Waals surface area contributed by atoms with E-state index >= 15 is 0 Å². The molecule has 1 aliphatic rings. The van der Waals surface area contributed by atoms with Crippen LogP contribution in [0.4, 0.5) is 11.6 Å². The minimum atomic E-state index is 0.535. The lowest BCUT2D eigenvalue weighted by atomic mass is 10.2. The number of piperazine rings is 1. The quantitative estimate of drug-likeness (QED) is 0.921. The Balaban J connectivity index is 1.82. The fraction of sp³-hybridized carbons (Fsp3) is 0.467. The summed E-state index contributed by atoms with van der Waals surface area (Å²) in [5.41, 5.74) is 7.85. The molecule has 1 aromatic heterocycles. The lowest BCUT2D eigenvalue weighted by molar-refractivity contribution is 0.258. The Kier molecular flexibility index (Phi) is 3.69. The Labute approximate surface area is 119 Å². The van der Waals surface area contributed by atoms with Crippen molar-refractivity contribution in [3.8, 4) is 0 Å². The van der Waals surface area contributed by atoms with Gasteiger partial charge in [-0.1, -0.05) is 19.1 Å². The van der Waals surface area contributed by atoms with Crippen LogP contribution in [0.1, 0.15) is 13.3 Å². The second kappa shape index (κ2) is 5.63. The Morgan fingerprint density at radius 2 is 1.70 bits per heavy atom. The van der Waals surface area contributed by atoms with Crippen molar-refractivity contribution in [2.75, 3.05) is 43.4 Å². The third-order valence-electron chi connectivity index (χ3n) is 3.79. The zero-order chi connectivity index (χ0) is 13.9. The number of nitrogen functional groups attached to an aromatic ring is 1. The maximum atomic E-state index is 6.08. The van der Waals surface area contributed by atoms with E-state index in [0.717, 1.165) is 43.0 Å². The molecular weight excluding hydrogens is 250 g/mol. The molecule has 1 fully saturated rings. The number of fused-ring (bicyclic) bond motifs is 1. The van der Waals surface area contributed by atoms with Gasteiger partial charge >= 0.3 is 0 Å². The van der Waals surface area contributed by atoms with Crippen molar-refractivity contribution < 1.29 is 0 Å². The molecule has 5 heteroatoms. The molecule has 0 radical (unpaired) electrons. The third-order valence-corrected chi connectivity index (χ3v) is 3.79. The summed E-state index contributed by atoms with van der Waals surface area (Å²) < 4.78 is 0. The minimum absolute atomic E-state index is 0.535. The average Bonchev–Trinajstić information content (AvgIpc) is 2.48. The Hall–Kier alpha value is -1.88. The average molecular weight is 271 g/mol. The van der Waals surface area contributed by atoms with Crippen LogP contribution < -0.4 is 10.6 Å². The molecule has 1 aromatic carbocycles. The van der Waals surface area contributed by atoms with Gasteiger partial charge in [-0.25, -0.2) is 9.97 Å². The van der Waals surface area contributed by atoms with Gasteiger partial charge in [-0.2, -0.15) is 0 Å². The highest BCUT2D eigenvalue weighted by Gasteiger charge is 2.20. The van der Waals surface area contributed by atoms with Gasteiger partial charge in [-0.3, -0.25) is 4.90 Å².